The second kappa shape index (κ2) is 8.16. The maximum Gasteiger partial charge on any atom is 0.337 e. The second-order valence-corrected chi connectivity index (χ2v) is 5.06. The molecule has 0 unspecified atom stereocenters. The molecule has 0 aliphatic carbocycles. The van der Waals surface area contributed by atoms with Crippen LogP contribution < -0.4 is 4.74 Å². The van der Waals surface area contributed by atoms with E-state index in [2.05, 4.69) is 10.7 Å². The van der Waals surface area contributed by atoms with Crippen molar-refractivity contribution in [3.63, 3.8) is 0 Å². The predicted octanol–water partition coefficient (Wildman–Crippen LogP) is 2.02. The number of carbonyl (C=O) groups excluding carboxylic acids is 1. The third-order valence-corrected chi connectivity index (χ3v) is 3.51. The molecule has 124 valence electrons. The van der Waals surface area contributed by atoms with E-state index in [1.54, 1.807) is 36.4 Å². The first-order valence-electron chi connectivity index (χ1n) is 7.27. The Balaban J connectivity index is 2.19. The highest BCUT2D eigenvalue weighted by molar-refractivity contribution is 5.89. The minimum Gasteiger partial charge on any atom is -0.488 e. The summed E-state index contributed by atoms with van der Waals surface area (Å²) in [5, 5.41) is 19.0. The first-order valence-corrected chi connectivity index (χ1v) is 7.27. The van der Waals surface area contributed by atoms with E-state index in [-0.39, 0.29) is 19.8 Å². The van der Waals surface area contributed by atoms with Gasteiger partial charge in [0.15, 0.2) is 0 Å². The first kappa shape index (κ1) is 17.5. The van der Waals surface area contributed by atoms with Crippen molar-refractivity contribution in [2.24, 2.45) is 0 Å². The van der Waals surface area contributed by atoms with Gasteiger partial charge in [0, 0.05) is 16.7 Å². The van der Waals surface area contributed by atoms with Gasteiger partial charge in [0.1, 0.15) is 12.4 Å². The van der Waals surface area contributed by atoms with Gasteiger partial charge in [-0.3, -0.25) is 0 Å². The Morgan fingerprint density at radius 3 is 2.17 bits per heavy atom. The van der Waals surface area contributed by atoms with Gasteiger partial charge in [0.05, 0.1) is 25.9 Å². The molecule has 2 rings (SSSR count). The molecule has 0 saturated heterocycles. The van der Waals surface area contributed by atoms with Crippen molar-refractivity contribution in [2.45, 2.75) is 19.8 Å². The first-order chi connectivity index (χ1) is 11.6. The van der Waals surface area contributed by atoms with Gasteiger partial charge in [-0.1, -0.05) is 18.1 Å². The smallest absolute Gasteiger partial charge is 0.337 e. The van der Waals surface area contributed by atoms with Crippen LogP contribution in [-0.2, 0) is 24.6 Å². The average Bonchev–Trinajstić information content (AvgIpc) is 2.65. The molecule has 0 aliphatic heterocycles. The quantitative estimate of drug-likeness (QED) is 0.627. The number of carbonyl (C=O) groups is 1. The summed E-state index contributed by atoms with van der Waals surface area (Å²) in [4.78, 5) is 11.4. The van der Waals surface area contributed by atoms with Crippen molar-refractivity contribution in [1.29, 1.82) is 0 Å². The highest BCUT2D eigenvalue weighted by Gasteiger charge is 2.12. The molecule has 5 heteroatoms. The number of esters is 1. The van der Waals surface area contributed by atoms with Gasteiger partial charge in [-0.25, -0.2) is 4.79 Å². The Hall–Kier alpha value is -2.81. The Kier molecular flexibility index (Phi) is 5.96. The van der Waals surface area contributed by atoms with Crippen LogP contribution in [0.15, 0.2) is 36.4 Å². The Bertz CT molecular complexity index is 731. The van der Waals surface area contributed by atoms with Crippen LogP contribution in [0.1, 0.15) is 32.6 Å². The van der Waals surface area contributed by atoms with E-state index in [9.17, 15) is 15.0 Å². The highest BCUT2D eigenvalue weighted by atomic mass is 16.5. The SMILES string of the molecule is C#Cc1cc(CO)c(OCc2ccc(C(=O)OC)cc2)c(CO)c1. The largest absolute Gasteiger partial charge is 0.488 e. The Labute approximate surface area is 140 Å². The van der Waals surface area contributed by atoms with E-state index < -0.39 is 5.97 Å². The van der Waals surface area contributed by atoms with Crippen LogP contribution in [0, 0.1) is 12.3 Å². The minimum absolute atomic E-state index is 0.219. The maximum absolute atomic E-state index is 11.4. The molecule has 0 bridgehead atoms. The topological polar surface area (TPSA) is 76.0 Å². The summed E-state index contributed by atoms with van der Waals surface area (Å²) in [5.41, 5.74) is 2.88. The molecule has 0 heterocycles. The second-order valence-electron chi connectivity index (χ2n) is 5.06. The summed E-state index contributed by atoms with van der Waals surface area (Å²) >= 11 is 0. The van der Waals surface area contributed by atoms with Crippen LogP contribution in [0.4, 0.5) is 0 Å². The summed E-state index contributed by atoms with van der Waals surface area (Å²) in [6.45, 7) is -0.283. The van der Waals surface area contributed by atoms with Crippen LogP contribution in [0.25, 0.3) is 0 Å². The third kappa shape index (κ3) is 3.93. The Morgan fingerprint density at radius 2 is 1.71 bits per heavy atom. The molecule has 0 atom stereocenters. The molecule has 0 radical (unpaired) electrons. The maximum atomic E-state index is 11.4. The molecule has 5 nitrogen and oxygen atoms in total. The van der Waals surface area contributed by atoms with Gasteiger partial charge in [-0.15, -0.1) is 6.42 Å². The molecule has 2 aromatic rings. The third-order valence-electron chi connectivity index (χ3n) is 3.51. The summed E-state index contributed by atoms with van der Waals surface area (Å²) in [7, 11) is 1.33. The summed E-state index contributed by atoms with van der Waals surface area (Å²) in [5.74, 6) is 2.49. The number of aliphatic hydroxyl groups excluding tert-OH is 2. The van der Waals surface area contributed by atoms with Gasteiger partial charge < -0.3 is 19.7 Å². The molecule has 2 N–H and O–H groups in total. The normalized spacial score (nSPS) is 10.1. The van der Waals surface area contributed by atoms with Gasteiger partial charge >= 0.3 is 5.97 Å². The van der Waals surface area contributed by atoms with Crippen LogP contribution in [0.5, 0.6) is 5.75 Å². The number of hydrogen-bond donors (Lipinski definition) is 2. The van der Waals surface area contributed by atoms with Gasteiger partial charge in [-0.2, -0.15) is 0 Å². The fraction of sp³-hybridized carbons (Fsp3) is 0.211. The number of hydrogen-bond acceptors (Lipinski definition) is 5. The van der Waals surface area contributed by atoms with Crippen LogP contribution in [0.3, 0.4) is 0 Å². The predicted molar refractivity (Wildman–Crippen MR) is 88.3 cm³/mol. The Morgan fingerprint density at radius 1 is 1.12 bits per heavy atom. The lowest BCUT2D eigenvalue weighted by Crippen LogP contribution is -2.05. The zero-order valence-electron chi connectivity index (χ0n) is 13.3. The lowest BCUT2D eigenvalue weighted by atomic mass is 10.0. The molecule has 0 amide bonds. The fourth-order valence-corrected chi connectivity index (χ4v) is 2.27. The standard InChI is InChI=1S/C19H18O5/c1-3-13-8-16(10-20)18(17(9-13)11-21)24-12-14-4-6-15(7-5-14)19(22)23-2/h1,4-9,20-21H,10-12H2,2H3. The van der Waals surface area contributed by atoms with Crippen LogP contribution >= 0.6 is 0 Å². The number of aliphatic hydroxyl groups is 2. The van der Waals surface area contributed by atoms with Crippen molar-refractivity contribution in [1.82, 2.24) is 0 Å². The lowest BCUT2D eigenvalue weighted by Gasteiger charge is -2.15. The summed E-state index contributed by atoms with van der Waals surface area (Å²) in [6, 6.07) is 10.1. The van der Waals surface area contributed by atoms with Crippen LogP contribution in [0.2, 0.25) is 0 Å². The van der Waals surface area contributed by atoms with E-state index in [1.807, 2.05) is 0 Å². The minimum atomic E-state index is -0.405. The highest BCUT2D eigenvalue weighted by Crippen LogP contribution is 2.27. The average molecular weight is 326 g/mol. The molecule has 24 heavy (non-hydrogen) atoms. The molecular weight excluding hydrogens is 308 g/mol. The molecule has 0 aliphatic rings. The summed E-state index contributed by atoms with van der Waals surface area (Å²) in [6.07, 6.45) is 5.37. The van der Waals surface area contributed by atoms with Crippen molar-refractivity contribution in [2.75, 3.05) is 7.11 Å². The summed E-state index contributed by atoms with van der Waals surface area (Å²) < 4.78 is 10.4. The number of methoxy groups -OCH3 is 1. The molecular formula is C19H18O5. The molecule has 0 spiro atoms. The fourth-order valence-electron chi connectivity index (χ4n) is 2.27. The van der Waals surface area contributed by atoms with E-state index in [1.165, 1.54) is 7.11 Å². The van der Waals surface area contributed by atoms with Crippen molar-refractivity contribution >= 4 is 5.97 Å². The molecule has 0 saturated carbocycles. The zero-order valence-corrected chi connectivity index (χ0v) is 13.3. The van der Waals surface area contributed by atoms with Crippen LogP contribution in [-0.4, -0.2) is 23.3 Å². The van der Waals surface area contributed by atoms with Crippen molar-refractivity contribution in [3.05, 3.63) is 64.2 Å². The van der Waals surface area contributed by atoms with E-state index in [0.717, 1.165) is 5.56 Å². The number of rotatable bonds is 6. The zero-order chi connectivity index (χ0) is 17.5. The molecule has 0 fully saturated rings. The van der Waals surface area contributed by atoms with E-state index in [4.69, 9.17) is 11.2 Å². The lowest BCUT2D eigenvalue weighted by molar-refractivity contribution is 0.0600. The molecule has 2 aromatic carbocycles. The van der Waals surface area contributed by atoms with Gasteiger partial charge in [-0.05, 0) is 29.8 Å². The number of ether oxygens (including phenoxy) is 2. The van der Waals surface area contributed by atoms with E-state index >= 15 is 0 Å². The monoisotopic (exact) mass is 326 g/mol. The van der Waals surface area contributed by atoms with Gasteiger partial charge in [0.2, 0.25) is 0 Å². The molecule has 0 aromatic heterocycles. The van der Waals surface area contributed by atoms with Gasteiger partial charge in [0.25, 0.3) is 0 Å². The van der Waals surface area contributed by atoms with Crippen molar-refractivity contribution < 1.29 is 24.5 Å². The number of benzene rings is 2. The van der Waals surface area contributed by atoms with Crippen molar-refractivity contribution in [3.8, 4) is 18.1 Å². The number of terminal acetylenes is 1. The van der Waals surface area contributed by atoms with E-state index in [0.29, 0.717) is 28.0 Å².